The van der Waals surface area contributed by atoms with Crippen molar-refractivity contribution in [1.82, 2.24) is 4.98 Å². The van der Waals surface area contributed by atoms with Gasteiger partial charge in [0.05, 0.1) is 34.2 Å². The van der Waals surface area contributed by atoms with E-state index in [9.17, 15) is 0 Å². The van der Waals surface area contributed by atoms with E-state index in [2.05, 4.69) is 98.7 Å². The molecule has 1 aromatic heterocycles. The van der Waals surface area contributed by atoms with E-state index in [1.165, 1.54) is 102 Å². The molecule has 0 saturated carbocycles. The topological polar surface area (TPSA) is 37.6 Å². The minimum absolute atomic E-state index is 0. The van der Waals surface area contributed by atoms with Gasteiger partial charge < -0.3 is 37.2 Å². The average molecular weight is 742 g/mol. The molecule has 0 N–H and O–H groups in total. The summed E-state index contributed by atoms with van der Waals surface area (Å²) in [7, 11) is 0. The van der Waals surface area contributed by atoms with Crippen molar-refractivity contribution in [3.8, 4) is 0 Å². The van der Waals surface area contributed by atoms with Crippen LogP contribution in [0.1, 0.15) is 143 Å². The molecule has 3 aromatic rings. The standard InChI is InChI=1S/C40H57N3.3ClH.Fe/c1-10-14-18-33-22-28(5)23-34(19-15-11-2)39(33)41-31(8)37-26-30(7)27-38(43-37)32(9)42-40-35(20-16-12-3)24-29(6)25-36(40)21-17-13-4;;;;/h22-27H,10-21H2,1-9H3;3*1H;/q;;;;+3/p-3. The summed E-state index contributed by atoms with van der Waals surface area (Å²) in [5.74, 6) is 0. The van der Waals surface area contributed by atoms with Gasteiger partial charge in [-0.15, -0.1) is 0 Å². The van der Waals surface area contributed by atoms with Crippen LogP contribution in [0.25, 0.3) is 0 Å². The third-order valence-corrected chi connectivity index (χ3v) is 8.29. The van der Waals surface area contributed by atoms with E-state index in [1.54, 1.807) is 0 Å². The second-order valence-corrected chi connectivity index (χ2v) is 12.6. The first-order valence-electron chi connectivity index (χ1n) is 17.0. The smallest absolute Gasteiger partial charge is 1.00 e. The third-order valence-electron chi connectivity index (χ3n) is 8.29. The molecule has 2 aromatic carbocycles. The molecule has 0 bridgehead atoms. The molecule has 0 unspecified atom stereocenters. The number of aromatic nitrogens is 1. The van der Waals surface area contributed by atoms with Crippen LogP contribution >= 0.6 is 0 Å². The van der Waals surface area contributed by atoms with Crippen molar-refractivity contribution in [2.24, 2.45) is 9.98 Å². The van der Waals surface area contributed by atoms with Crippen LogP contribution in [0.15, 0.2) is 46.4 Å². The molecule has 0 amide bonds. The van der Waals surface area contributed by atoms with Crippen molar-refractivity contribution < 1.29 is 54.3 Å². The summed E-state index contributed by atoms with van der Waals surface area (Å²) >= 11 is 0. The maximum absolute atomic E-state index is 5.32. The summed E-state index contributed by atoms with van der Waals surface area (Å²) in [5, 5.41) is 0. The van der Waals surface area contributed by atoms with Crippen LogP contribution < -0.4 is 37.2 Å². The van der Waals surface area contributed by atoms with E-state index in [-0.39, 0.29) is 54.3 Å². The summed E-state index contributed by atoms with van der Waals surface area (Å²) in [6, 6.07) is 13.7. The van der Waals surface area contributed by atoms with Crippen LogP contribution in [0.2, 0.25) is 0 Å². The fourth-order valence-corrected chi connectivity index (χ4v) is 5.87. The van der Waals surface area contributed by atoms with E-state index >= 15 is 0 Å². The van der Waals surface area contributed by atoms with Crippen molar-refractivity contribution in [1.29, 1.82) is 0 Å². The molecule has 0 fully saturated rings. The van der Waals surface area contributed by atoms with Crippen LogP contribution in [0, 0.1) is 20.8 Å². The van der Waals surface area contributed by atoms with Gasteiger partial charge in [0, 0.05) is 0 Å². The molecule has 261 valence electrons. The van der Waals surface area contributed by atoms with E-state index < -0.39 is 0 Å². The first-order valence-corrected chi connectivity index (χ1v) is 17.0. The predicted octanol–water partition coefficient (Wildman–Crippen LogP) is 2.67. The van der Waals surface area contributed by atoms with E-state index in [0.717, 1.165) is 48.5 Å². The molecule has 0 spiro atoms. The Labute approximate surface area is 316 Å². The monoisotopic (exact) mass is 740 g/mol. The molecule has 0 aliphatic heterocycles. The fourth-order valence-electron chi connectivity index (χ4n) is 5.87. The number of aliphatic imine (C=N–C) groups is 2. The van der Waals surface area contributed by atoms with Crippen molar-refractivity contribution in [3.63, 3.8) is 0 Å². The summed E-state index contributed by atoms with van der Waals surface area (Å²) < 4.78 is 0. The van der Waals surface area contributed by atoms with Crippen molar-refractivity contribution >= 4 is 22.8 Å². The number of aryl methyl sites for hydroxylation is 7. The molecule has 0 aliphatic rings. The van der Waals surface area contributed by atoms with Gasteiger partial charge in [-0.3, -0.25) is 9.98 Å². The maximum atomic E-state index is 5.32. The quantitative estimate of drug-likeness (QED) is 0.165. The van der Waals surface area contributed by atoms with Gasteiger partial charge in [0.25, 0.3) is 0 Å². The minimum Gasteiger partial charge on any atom is -1.00 e. The Kier molecular flexibility index (Phi) is 24.7. The van der Waals surface area contributed by atoms with Gasteiger partial charge in [-0.2, -0.15) is 0 Å². The largest absolute Gasteiger partial charge is 3.00 e. The van der Waals surface area contributed by atoms with Gasteiger partial charge in [-0.1, -0.05) is 88.8 Å². The van der Waals surface area contributed by atoms with Crippen LogP contribution in [-0.2, 0) is 42.8 Å². The van der Waals surface area contributed by atoms with E-state index in [0.29, 0.717) is 0 Å². The van der Waals surface area contributed by atoms with Crippen molar-refractivity contribution in [2.75, 3.05) is 0 Å². The molecular formula is C40H57Cl3FeN3. The van der Waals surface area contributed by atoms with E-state index in [4.69, 9.17) is 15.0 Å². The second kappa shape index (κ2) is 24.5. The minimum atomic E-state index is 0. The first kappa shape index (κ1) is 47.4. The molecule has 7 heteroatoms. The summed E-state index contributed by atoms with van der Waals surface area (Å²) in [5.41, 5.74) is 15.5. The number of halogens is 3. The third kappa shape index (κ3) is 14.4. The normalized spacial score (nSPS) is 11.3. The Bertz CT molecular complexity index is 1270. The van der Waals surface area contributed by atoms with Crippen molar-refractivity contribution in [2.45, 2.75) is 139 Å². The Morgan fingerprint density at radius 3 is 1.00 bits per heavy atom. The van der Waals surface area contributed by atoms with Gasteiger partial charge >= 0.3 is 17.1 Å². The summed E-state index contributed by atoms with van der Waals surface area (Å²) in [6.07, 6.45) is 13.7. The zero-order valence-electron chi connectivity index (χ0n) is 30.3. The molecule has 0 saturated heterocycles. The molecule has 1 radical (unpaired) electrons. The fraction of sp³-hybridized carbons (Fsp3) is 0.525. The number of hydrogen-bond donors (Lipinski definition) is 0. The van der Waals surface area contributed by atoms with Gasteiger partial charge in [0.1, 0.15) is 0 Å². The number of rotatable bonds is 16. The van der Waals surface area contributed by atoms with Crippen molar-refractivity contribution in [3.05, 3.63) is 86.7 Å². The number of nitrogens with zero attached hydrogens (tertiary/aromatic N) is 3. The summed E-state index contributed by atoms with van der Waals surface area (Å²) in [6.45, 7) is 19.9. The molecule has 3 rings (SSSR count). The Balaban J connectivity index is 0. The van der Waals surface area contributed by atoms with E-state index in [1.807, 2.05) is 0 Å². The Morgan fingerprint density at radius 2 is 0.745 bits per heavy atom. The van der Waals surface area contributed by atoms with Crippen LogP contribution in [0.3, 0.4) is 0 Å². The van der Waals surface area contributed by atoms with Crippen LogP contribution in [-0.4, -0.2) is 16.4 Å². The van der Waals surface area contributed by atoms with Gasteiger partial charge in [-0.05, 0) is 126 Å². The number of hydrogen-bond acceptors (Lipinski definition) is 3. The molecule has 1 heterocycles. The van der Waals surface area contributed by atoms with Gasteiger partial charge in [-0.25, -0.2) is 4.98 Å². The maximum Gasteiger partial charge on any atom is 3.00 e. The SMILES string of the molecule is CCCCc1cc(C)cc(CCCC)c1N=C(C)c1cc(C)cc(C(C)=Nc2c(CCCC)cc(C)cc2CCCC)n1.[Cl-].[Cl-].[Cl-].[Fe+3]. The molecule has 3 nitrogen and oxygen atoms in total. The zero-order chi connectivity index (χ0) is 31.4. The predicted molar refractivity (Wildman–Crippen MR) is 190 cm³/mol. The Morgan fingerprint density at radius 1 is 0.489 bits per heavy atom. The Hall–Kier alpha value is -1.68. The molecule has 0 atom stereocenters. The molecular weight excluding hydrogens is 685 g/mol. The number of pyridine rings is 1. The second-order valence-electron chi connectivity index (χ2n) is 12.6. The first-order chi connectivity index (χ1) is 20.7. The zero-order valence-corrected chi connectivity index (χ0v) is 33.7. The molecule has 0 aliphatic carbocycles. The number of unbranched alkanes of at least 4 members (excludes halogenated alkanes) is 4. The molecule has 47 heavy (non-hydrogen) atoms. The van der Waals surface area contributed by atoms with Gasteiger partial charge in [0.15, 0.2) is 0 Å². The van der Waals surface area contributed by atoms with Crippen LogP contribution in [0.5, 0.6) is 0 Å². The van der Waals surface area contributed by atoms with Gasteiger partial charge in [0.2, 0.25) is 0 Å². The number of benzene rings is 2. The van der Waals surface area contributed by atoms with Crippen LogP contribution in [0.4, 0.5) is 11.4 Å². The average Bonchev–Trinajstić information content (AvgIpc) is 2.98. The summed E-state index contributed by atoms with van der Waals surface area (Å²) in [4.78, 5) is 15.8.